The molecular weight excluding hydrogens is 405 g/mol. The fraction of sp³-hybridized carbons (Fsp3) is 0.0667. The third kappa shape index (κ3) is 4.40. The van der Waals surface area contributed by atoms with Crippen LogP contribution in [0.3, 0.4) is 0 Å². The molecule has 0 unspecified atom stereocenters. The third-order valence-corrected chi connectivity index (χ3v) is 5.80. The van der Waals surface area contributed by atoms with Gasteiger partial charge in [0.15, 0.2) is 4.34 Å². The number of hydrogen-bond donors (Lipinski definition) is 1. The Morgan fingerprint density at radius 3 is 2.80 bits per heavy atom. The number of hydrogen-bond acceptors (Lipinski definition) is 6. The Hall–Kier alpha value is -1.87. The van der Waals surface area contributed by atoms with Crippen molar-refractivity contribution in [1.82, 2.24) is 4.98 Å². The van der Waals surface area contributed by atoms with Gasteiger partial charge in [-0.15, -0.1) is 11.3 Å². The molecule has 0 saturated carbocycles. The average Bonchev–Trinajstić information content (AvgIpc) is 2.97. The van der Waals surface area contributed by atoms with E-state index in [1.807, 2.05) is 0 Å². The zero-order valence-electron chi connectivity index (χ0n) is 12.4. The molecule has 10 heteroatoms. The molecule has 0 fully saturated rings. The maximum absolute atomic E-state index is 12.0. The van der Waals surface area contributed by atoms with Gasteiger partial charge in [0.25, 0.3) is 5.69 Å². The normalized spacial score (nSPS) is 10.8. The van der Waals surface area contributed by atoms with Crippen molar-refractivity contribution in [3.63, 3.8) is 0 Å². The second-order valence-corrected chi connectivity index (χ2v) is 7.95. The van der Waals surface area contributed by atoms with Gasteiger partial charge in [0.1, 0.15) is 0 Å². The lowest BCUT2D eigenvalue weighted by Gasteiger charge is -2.06. The number of carbonyl (C=O) groups is 1. The molecule has 0 aliphatic heterocycles. The number of thiazole rings is 1. The minimum absolute atomic E-state index is 0.0165. The van der Waals surface area contributed by atoms with E-state index in [9.17, 15) is 14.9 Å². The standard InChI is InChI=1S/C15H9Cl2N3O3S2/c16-8-1-3-11(10(17)5-8)18-14(21)7-24-15-19-12-4-2-9(20(22)23)6-13(12)25-15/h1-6H,7H2,(H,18,21). The zero-order valence-corrected chi connectivity index (χ0v) is 15.5. The number of non-ortho nitro benzene ring substituents is 1. The van der Waals surface area contributed by atoms with Crippen molar-refractivity contribution in [3.8, 4) is 0 Å². The number of nitrogens with one attached hydrogen (secondary N) is 1. The second-order valence-electron chi connectivity index (χ2n) is 4.85. The number of halogens is 2. The van der Waals surface area contributed by atoms with Crippen LogP contribution in [0.1, 0.15) is 0 Å². The van der Waals surface area contributed by atoms with Crippen LogP contribution in [0.2, 0.25) is 10.0 Å². The zero-order chi connectivity index (χ0) is 18.0. The van der Waals surface area contributed by atoms with Gasteiger partial charge in [0, 0.05) is 17.2 Å². The Kier molecular flexibility index (Phi) is 5.43. The lowest BCUT2D eigenvalue weighted by molar-refractivity contribution is -0.384. The fourth-order valence-electron chi connectivity index (χ4n) is 1.97. The van der Waals surface area contributed by atoms with Crippen molar-refractivity contribution in [2.75, 3.05) is 11.1 Å². The molecule has 0 atom stereocenters. The van der Waals surface area contributed by atoms with Crippen LogP contribution in [0, 0.1) is 10.1 Å². The Labute approximate surface area is 160 Å². The first-order valence-electron chi connectivity index (χ1n) is 6.85. The predicted octanol–water partition coefficient (Wildman–Crippen LogP) is 5.24. The highest BCUT2D eigenvalue weighted by Gasteiger charge is 2.12. The highest BCUT2D eigenvalue weighted by molar-refractivity contribution is 8.01. The monoisotopic (exact) mass is 413 g/mol. The molecule has 0 aliphatic carbocycles. The van der Waals surface area contributed by atoms with Gasteiger partial charge in [-0.2, -0.15) is 0 Å². The summed E-state index contributed by atoms with van der Waals surface area (Å²) < 4.78 is 1.37. The van der Waals surface area contributed by atoms with Crippen molar-refractivity contribution in [2.24, 2.45) is 0 Å². The molecular formula is C15H9Cl2N3O3S2. The number of amides is 1. The van der Waals surface area contributed by atoms with E-state index in [4.69, 9.17) is 23.2 Å². The van der Waals surface area contributed by atoms with Gasteiger partial charge in [0.2, 0.25) is 5.91 Å². The van der Waals surface area contributed by atoms with E-state index in [2.05, 4.69) is 10.3 Å². The largest absolute Gasteiger partial charge is 0.324 e. The summed E-state index contributed by atoms with van der Waals surface area (Å²) in [5.41, 5.74) is 1.17. The van der Waals surface area contributed by atoms with Crippen LogP contribution in [-0.2, 0) is 4.79 Å². The van der Waals surface area contributed by atoms with Crippen LogP contribution >= 0.6 is 46.3 Å². The average molecular weight is 414 g/mol. The van der Waals surface area contributed by atoms with Gasteiger partial charge in [-0.3, -0.25) is 14.9 Å². The fourth-order valence-corrected chi connectivity index (χ4v) is 4.33. The van der Waals surface area contributed by atoms with E-state index in [1.54, 1.807) is 24.3 Å². The maximum atomic E-state index is 12.0. The molecule has 3 rings (SSSR count). The summed E-state index contributed by atoms with van der Waals surface area (Å²) in [6.07, 6.45) is 0. The smallest absolute Gasteiger partial charge is 0.270 e. The summed E-state index contributed by atoms with van der Waals surface area (Å²) in [7, 11) is 0. The molecule has 1 heterocycles. The van der Waals surface area contributed by atoms with Crippen LogP contribution in [0.15, 0.2) is 40.7 Å². The first kappa shape index (κ1) is 17.9. The number of benzene rings is 2. The third-order valence-electron chi connectivity index (χ3n) is 3.10. The Balaban J connectivity index is 1.65. The minimum atomic E-state index is -0.449. The Morgan fingerprint density at radius 1 is 1.28 bits per heavy atom. The van der Waals surface area contributed by atoms with Gasteiger partial charge in [0.05, 0.1) is 31.6 Å². The number of anilines is 1. The lowest BCUT2D eigenvalue weighted by Crippen LogP contribution is -2.14. The topological polar surface area (TPSA) is 85.1 Å². The van der Waals surface area contributed by atoms with Crippen molar-refractivity contribution >= 4 is 73.8 Å². The van der Waals surface area contributed by atoms with Crippen LogP contribution in [0.25, 0.3) is 10.2 Å². The number of carbonyl (C=O) groups excluding carboxylic acids is 1. The quantitative estimate of drug-likeness (QED) is 0.351. The van der Waals surface area contributed by atoms with Crippen LogP contribution in [0.4, 0.5) is 11.4 Å². The number of nitro groups is 1. The van der Waals surface area contributed by atoms with Crippen molar-refractivity contribution in [2.45, 2.75) is 4.34 Å². The molecule has 0 radical (unpaired) electrons. The van der Waals surface area contributed by atoms with Gasteiger partial charge >= 0.3 is 0 Å². The van der Waals surface area contributed by atoms with Crippen molar-refractivity contribution in [1.29, 1.82) is 0 Å². The minimum Gasteiger partial charge on any atom is -0.324 e. The summed E-state index contributed by atoms with van der Waals surface area (Å²) in [5.74, 6) is -0.0969. The Morgan fingerprint density at radius 2 is 2.08 bits per heavy atom. The molecule has 1 N–H and O–H groups in total. The first-order valence-corrected chi connectivity index (χ1v) is 9.41. The summed E-state index contributed by atoms with van der Waals surface area (Å²) in [5, 5.41) is 14.4. The molecule has 0 saturated heterocycles. The van der Waals surface area contributed by atoms with Crippen molar-refractivity contribution in [3.05, 3.63) is 56.6 Å². The molecule has 1 amide bonds. The number of thioether (sulfide) groups is 1. The number of fused-ring (bicyclic) bond motifs is 1. The molecule has 2 aromatic carbocycles. The lowest BCUT2D eigenvalue weighted by atomic mass is 10.3. The van der Waals surface area contributed by atoms with Gasteiger partial charge in [-0.1, -0.05) is 35.0 Å². The van der Waals surface area contributed by atoms with Crippen molar-refractivity contribution < 1.29 is 9.72 Å². The number of rotatable bonds is 5. The highest BCUT2D eigenvalue weighted by Crippen LogP contribution is 2.32. The second kappa shape index (κ2) is 7.57. The molecule has 0 bridgehead atoms. The highest BCUT2D eigenvalue weighted by atomic mass is 35.5. The number of nitrogens with zero attached hydrogens (tertiary/aromatic N) is 2. The summed E-state index contributed by atoms with van der Waals surface area (Å²) in [6.45, 7) is 0. The van der Waals surface area contributed by atoms with E-state index >= 15 is 0 Å². The molecule has 0 spiro atoms. The molecule has 1 aromatic heterocycles. The molecule has 3 aromatic rings. The molecule has 0 aliphatic rings. The number of aromatic nitrogens is 1. The van der Waals surface area contributed by atoms with E-state index in [0.29, 0.717) is 30.3 Å². The summed E-state index contributed by atoms with van der Waals surface area (Å²) in [6, 6.07) is 9.30. The molecule has 25 heavy (non-hydrogen) atoms. The van der Waals surface area contributed by atoms with Gasteiger partial charge in [-0.25, -0.2) is 4.98 Å². The Bertz CT molecular complexity index is 978. The van der Waals surface area contributed by atoms with E-state index < -0.39 is 4.92 Å². The SMILES string of the molecule is O=C(CSc1nc2ccc([N+](=O)[O-])cc2s1)Nc1ccc(Cl)cc1Cl. The van der Waals surface area contributed by atoms with E-state index in [-0.39, 0.29) is 17.3 Å². The van der Waals surface area contributed by atoms with E-state index in [1.165, 1.54) is 35.2 Å². The van der Waals surface area contributed by atoms with E-state index in [0.717, 1.165) is 0 Å². The summed E-state index contributed by atoms with van der Waals surface area (Å²) >= 11 is 14.4. The molecule has 6 nitrogen and oxygen atoms in total. The van der Waals surface area contributed by atoms with Gasteiger partial charge in [-0.05, 0) is 24.3 Å². The first-order chi connectivity index (χ1) is 11.9. The van der Waals surface area contributed by atoms with Crippen LogP contribution < -0.4 is 5.32 Å². The van der Waals surface area contributed by atoms with Crippen LogP contribution in [0.5, 0.6) is 0 Å². The summed E-state index contributed by atoms with van der Waals surface area (Å²) in [4.78, 5) is 26.8. The maximum Gasteiger partial charge on any atom is 0.270 e. The van der Waals surface area contributed by atoms with Gasteiger partial charge < -0.3 is 5.32 Å². The predicted molar refractivity (Wildman–Crippen MR) is 102 cm³/mol. The van der Waals surface area contributed by atoms with Crippen LogP contribution in [-0.4, -0.2) is 21.6 Å². The number of nitro benzene ring substituents is 1. The molecule has 128 valence electrons.